The highest BCUT2D eigenvalue weighted by molar-refractivity contribution is 6.00. The first-order chi connectivity index (χ1) is 24.7. The van der Waals surface area contributed by atoms with Crippen molar-refractivity contribution < 1.29 is 23.9 Å². The number of rotatable bonds is 5. The van der Waals surface area contributed by atoms with Gasteiger partial charge in [0.25, 0.3) is 5.91 Å². The fourth-order valence-corrected chi connectivity index (χ4v) is 12.5. The number of anilines is 2. The molecule has 262 valence electrons. The molecule has 2 aliphatic carbocycles. The predicted molar refractivity (Wildman–Crippen MR) is 192 cm³/mol. The summed E-state index contributed by atoms with van der Waals surface area (Å²) < 4.78 is 10.9. The van der Waals surface area contributed by atoms with E-state index in [4.69, 9.17) is 9.47 Å². The van der Waals surface area contributed by atoms with Gasteiger partial charge in [-0.1, -0.05) is 68.5 Å². The number of benzene rings is 2. The van der Waals surface area contributed by atoms with E-state index in [-0.39, 0.29) is 41.4 Å². The van der Waals surface area contributed by atoms with Crippen molar-refractivity contribution in [2.75, 3.05) is 37.9 Å². The highest BCUT2D eigenvalue weighted by atomic mass is 16.5. The molecule has 0 aromatic heterocycles. The van der Waals surface area contributed by atoms with Crippen molar-refractivity contribution in [1.82, 2.24) is 9.80 Å². The first-order valence-corrected chi connectivity index (χ1v) is 18.6. The summed E-state index contributed by atoms with van der Waals surface area (Å²) in [5.41, 5.74) is 6.82. The van der Waals surface area contributed by atoms with E-state index >= 15 is 4.79 Å². The highest BCUT2D eigenvalue weighted by Gasteiger charge is 2.70. The molecule has 2 saturated heterocycles. The van der Waals surface area contributed by atoms with Gasteiger partial charge in [0.05, 0.1) is 48.3 Å². The smallest absolute Gasteiger partial charge is 0.335 e. The molecule has 7 atom stereocenters. The molecule has 2 fully saturated rings. The number of hydrogen-bond donors (Lipinski definition) is 2. The third-order valence-corrected chi connectivity index (χ3v) is 14.4. The third-order valence-electron chi connectivity index (χ3n) is 14.4. The normalized spacial score (nSPS) is 36.3. The van der Waals surface area contributed by atoms with Crippen LogP contribution in [0.5, 0.6) is 0 Å². The lowest BCUT2D eigenvalue weighted by Gasteiger charge is -2.57. The van der Waals surface area contributed by atoms with Gasteiger partial charge in [-0.15, -0.1) is 0 Å². The summed E-state index contributed by atoms with van der Waals surface area (Å²) in [6, 6.07) is 16.5. The van der Waals surface area contributed by atoms with Crippen LogP contribution in [0.25, 0.3) is 0 Å². The molecule has 10 rings (SSSR count). The Bertz CT molecular complexity index is 2100. The van der Waals surface area contributed by atoms with Crippen LogP contribution in [0.15, 0.2) is 94.9 Å². The maximum absolute atomic E-state index is 15.1. The second-order valence-corrected chi connectivity index (χ2v) is 15.9. The number of methoxy groups -OCH3 is 2. The second-order valence-electron chi connectivity index (χ2n) is 15.9. The van der Waals surface area contributed by atoms with Crippen LogP contribution in [-0.2, 0) is 34.7 Å². The Balaban J connectivity index is 1.15. The molecule has 9 nitrogen and oxygen atoms in total. The number of carbonyl (C=O) groups is 3. The maximum Gasteiger partial charge on any atom is 0.335 e. The molecule has 8 aliphatic rings. The van der Waals surface area contributed by atoms with E-state index in [1.54, 1.807) is 0 Å². The van der Waals surface area contributed by atoms with E-state index < -0.39 is 16.2 Å². The Hall–Kier alpha value is -4.63. The van der Waals surface area contributed by atoms with Gasteiger partial charge >= 0.3 is 11.9 Å². The van der Waals surface area contributed by atoms with Gasteiger partial charge in [0.2, 0.25) is 0 Å². The van der Waals surface area contributed by atoms with Crippen molar-refractivity contribution in [3.63, 3.8) is 0 Å². The van der Waals surface area contributed by atoms with E-state index in [0.29, 0.717) is 25.0 Å². The number of esters is 2. The minimum Gasteiger partial charge on any atom is -0.466 e. The molecule has 51 heavy (non-hydrogen) atoms. The summed E-state index contributed by atoms with van der Waals surface area (Å²) in [5.74, 6) is -0.482. The van der Waals surface area contributed by atoms with Gasteiger partial charge in [-0.25, -0.2) is 9.59 Å². The SMILES string of the molecule is CC[C@]12C=C([C@@H]3C=C[C@@]4(CC)CC(C(=O)OC)=C5Nc6ccccc6[C@@]56CCN3[C@@H]46)C(=O)N3CC[C@]4(C(=C(C(=O)OC)C1)Nc1ccccc14)[C@@H]32. The summed E-state index contributed by atoms with van der Waals surface area (Å²) in [4.78, 5) is 47.0. The van der Waals surface area contributed by atoms with Gasteiger partial charge in [-0.3, -0.25) is 9.69 Å². The van der Waals surface area contributed by atoms with Crippen LogP contribution < -0.4 is 10.6 Å². The standard InChI is InChI=1S/C42H44N4O5/c1-5-39-16-15-31(45-19-17-41(37(39)45)27-11-7-9-13-29(27)43-32(41)25(22-39)35(48)50-3)24-21-40(6-2)23-26(36(49)51-4)33-42(18-20-46(34(24)47)38(40)42)28-12-8-10-14-30(28)44-33/h7-16,21,31,37-38,43-44H,5-6,17-20,22-23H2,1-4H3/t31-,37-,38-,39-,40-,41-,42-/m0/s1. The Morgan fingerprint density at radius 3 is 1.92 bits per heavy atom. The molecule has 0 saturated carbocycles. The zero-order valence-corrected chi connectivity index (χ0v) is 29.7. The topological polar surface area (TPSA) is 100 Å². The van der Waals surface area contributed by atoms with E-state index in [2.05, 4.69) is 88.9 Å². The lowest BCUT2D eigenvalue weighted by molar-refractivity contribution is -0.138. The Morgan fingerprint density at radius 1 is 0.784 bits per heavy atom. The van der Waals surface area contributed by atoms with Crippen LogP contribution in [0.3, 0.4) is 0 Å². The highest BCUT2D eigenvalue weighted by Crippen LogP contribution is 2.68. The molecule has 1 amide bonds. The number of fused-ring (bicyclic) bond motifs is 2. The largest absolute Gasteiger partial charge is 0.466 e. The number of amides is 1. The predicted octanol–water partition coefficient (Wildman–Crippen LogP) is 5.72. The van der Waals surface area contributed by atoms with Gasteiger partial charge in [0, 0.05) is 58.3 Å². The molecule has 2 spiro atoms. The van der Waals surface area contributed by atoms with Gasteiger partial charge in [-0.05, 0) is 61.8 Å². The molecule has 0 bridgehead atoms. The monoisotopic (exact) mass is 684 g/mol. The summed E-state index contributed by atoms with van der Waals surface area (Å²) in [6.07, 6.45) is 11.2. The summed E-state index contributed by atoms with van der Waals surface area (Å²) in [6.45, 7) is 5.83. The minimum absolute atomic E-state index is 0.0351. The number of para-hydroxylation sites is 2. The lowest BCUT2D eigenvalue weighted by atomic mass is 9.53. The molecular weight excluding hydrogens is 640 g/mol. The maximum atomic E-state index is 15.1. The van der Waals surface area contributed by atoms with Gasteiger partial charge < -0.3 is 25.0 Å². The van der Waals surface area contributed by atoms with E-state index in [9.17, 15) is 9.59 Å². The van der Waals surface area contributed by atoms with Crippen LogP contribution in [0, 0.1) is 10.8 Å². The van der Waals surface area contributed by atoms with Crippen molar-refractivity contribution in [1.29, 1.82) is 0 Å². The van der Waals surface area contributed by atoms with E-state index in [0.717, 1.165) is 71.7 Å². The molecule has 0 radical (unpaired) electrons. The third kappa shape index (κ3) is 3.49. The molecule has 6 aliphatic heterocycles. The zero-order chi connectivity index (χ0) is 35.1. The quantitative estimate of drug-likeness (QED) is 0.305. The molecule has 6 heterocycles. The second kappa shape index (κ2) is 10.2. The number of nitrogens with zero attached hydrogens (tertiary/aromatic N) is 2. The number of hydrogen-bond acceptors (Lipinski definition) is 8. The van der Waals surface area contributed by atoms with Crippen molar-refractivity contribution in [2.24, 2.45) is 10.8 Å². The number of nitrogens with one attached hydrogen (secondary N) is 2. The average molecular weight is 685 g/mol. The van der Waals surface area contributed by atoms with Crippen LogP contribution in [-0.4, -0.2) is 73.1 Å². The molecule has 0 unspecified atom stereocenters. The molecule has 2 aromatic rings. The Morgan fingerprint density at radius 2 is 1.33 bits per heavy atom. The van der Waals surface area contributed by atoms with Crippen LogP contribution in [0.4, 0.5) is 11.4 Å². The first-order valence-electron chi connectivity index (χ1n) is 18.6. The van der Waals surface area contributed by atoms with Crippen LogP contribution in [0.2, 0.25) is 0 Å². The fourth-order valence-electron chi connectivity index (χ4n) is 12.5. The first kappa shape index (κ1) is 31.1. The summed E-state index contributed by atoms with van der Waals surface area (Å²) >= 11 is 0. The Labute approximate surface area is 298 Å². The van der Waals surface area contributed by atoms with Crippen molar-refractivity contribution in [2.45, 2.75) is 81.3 Å². The van der Waals surface area contributed by atoms with Gasteiger partial charge in [0.1, 0.15) is 0 Å². The Kier molecular flexibility index (Phi) is 6.25. The van der Waals surface area contributed by atoms with E-state index in [1.807, 2.05) is 12.1 Å². The van der Waals surface area contributed by atoms with Crippen molar-refractivity contribution >= 4 is 29.2 Å². The molecule has 2 N–H and O–H groups in total. The number of ether oxygens (including phenoxy) is 2. The summed E-state index contributed by atoms with van der Waals surface area (Å²) in [5, 5.41) is 7.35. The van der Waals surface area contributed by atoms with Crippen LogP contribution >= 0.6 is 0 Å². The van der Waals surface area contributed by atoms with Gasteiger partial charge in [0.15, 0.2) is 0 Å². The lowest BCUT2D eigenvalue weighted by Crippen LogP contribution is -2.64. The average Bonchev–Trinajstić information content (AvgIpc) is 3.94. The van der Waals surface area contributed by atoms with E-state index in [1.165, 1.54) is 19.8 Å². The molecule has 9 heteroatoms. The van der Waals surface area contributed by atoms with Crippen molar-refractivity contribution in [3.05, 3.63) is 106 Å². The zero-order valence-electron chi connectivity index (χ0n) is 29.7. The minimum atomic E-state index is -0.504. The molecular formula is C42H44N4O5. The fraction of sp³-hybridized carbons (Fsp3) is 0.452. The van der Waals surface area contributed by atoms with Crippen molar-refractivity contribution in [3.8, 4) is 0 Å². The summed E-state index contributed by atoms with van der Waals surface area (Å²) in [7, 11) is 2.94. The number of carbonyl (C=O) groups excluding carboxylic acids is 3. The van der Waals surface area contributed by atoms with Crippen LogP contribution in [0.1, 0.15) is 63.5 Å². The molecule has 2 aromatic carbocycles. The van der Waals surface area contributed by atoms with Gasteiger partial charge in [-0.2, -0.15) is 0 Å².